The van der Waals surface area contributed by atoms with Gasteiger partial charge in [-0.2, -0.15) is 13.2 Å². The minimum absolute atomic E-state index is 0.847. The normalized spacial score (nSPS) is 11.1. The van der Waals surface area contributed by atoms with Gasteiger partial charge in [-0.3, -0.25) is 0 Å². The average molecular weight is 504 g/mol. The lowest BCUT2D eigenvalue weighted by Gasteiger charge is -2.08. The van der Waals surface area contributed by atoms with Gasteiger partial charge in [-0.25, -0.2) is 9.78 Å². The third-order valence-corrected chi connectivity index (χ3v) is 5.55. The molecule has 0 aliphatic carbocycles. The fourth-order valence-corrected chi connectivity index (χ4v) is 3.72. The Morgan fingerprint density at radius 2 is 1.35 bits per heavy atom. The Kier molecular flexibility index (Phi) is 8.00. The van der Waals surface area contributed by atoms with Crippen LogP contribution in [-0.4, -0.2) is 27.2 Å². The number of hydrogen-bond acceptors (Lipinski definition) is 3. The topological polar surface area (TPSA) is 78.0 Å². The van der Waals surface area contributed by atoms with Crippen LogP contribution in [0, 0.1) is 0 Å². The first kappa shape index (κ1) is 25.7. The number of fused-ring (bicyclic) bond motifs is 1. The summed E-state index contributed by atoms with van der Waals surface area (Å²) in [6, 6.07) is 35.9. The van der Waals surface area contributed by atoms with Gasteiger partial charge in [-0.05, 0) is 40.5 Å². The Hall–Kier alpha value is -4.43. The SMILES string of the molecule is O=C(O)C(F)(F)F.c1ccc(CNCc2cccc(-c3ccc(-c4nc5ccccc5[nH]4)cc3)c2)cc1. The van der Waals surface area contributed by atoms with Crippen molar-refractivity contribution in [3.8, 4) is 22.5 Å². The fourth-order valence-electron chi connectivity index (χ4n) is 3.72. The zero-order chi connectivity index (χ0) is 26.3. The van der Waals surface area contributed by atoms with Gasteiger partial charge < -0.3 is 15.4 Å². The monoisotopic (exact) mass is 503 g/mol. The number of para-hydroxylation sites is 2. The summed E-state index contributed by atoms with van der Waals surface area (Å²) in [5.74, 6) is -1.85. The second-order valence-electron chi connectivity index (χ2n) is 8.27. The molecule has 0 aliphatic rings. The van der Waals surface area contributed by atoms with Crippen LogP contribution in [0.2, 0.25) is 0 Å². The number of H-pyrrole nitrogens is 1. The molecule has 0 unspecified atom stereocenters. The van der Waals surface area contributed by atoms with Crippen molar-refractivity contribution in [2.24, 2.45) is 0 Å². The van der Waals surface area contributed by atoms with Gasteiger partial charge in [0.15, 0.2) is 0 Å². The Morgan fingerprint density at radius 1 is 0.757 bits per heavy atom. The predicted octanol–water partition coefficient (Wildman–Crippen LogP) is 6.82. The number of carbonyl (C=O) groups is 1. The summed E-state index contributed by atoms with van der Waals surface area (Å²) in [7, 11) is 0. The highest BCUT2D eigenvalue weighted by molar-refractivity contribution is 5.79. The summed E-state index contributed by atoms with van der Waals surface area (Å²) < 4.78 is 31.7. The second kappa shape index (κ2) is 11.5. The maximum atomic E-state index is 10.6. The van der Waals surface area contributed by atoms with E-state index in [1.165, 1.54) is 22.3 Å². The first-order chi connectivity index (χ1) is 17.8. The molecule has 0 aliphatic heterocycles. The van der Waals surface area contributed by atoms with E-state index in [0.717, 1.165) is 35.5 Å². The molecule has 0 bridgehead atoms. The van der Waals surface area contributed by atoms with Crippen LogP contribution in [0.1, 0.15) is 11.1 Å². The average Bonchev–Trinajstić information content (AvgIpc) is 3.34. The minimum atomic E-state index is -5.08. The molecular weight excluding hydrogens is 479 g/mol. The van der Waals surface area contributed by atoms with E-state index in [0.29, 0.717) is 0 Å². The number of imidazole rings is 1. The zero-order valence-corrected chi connectivity index (χ0v) is 19.7. The number of aromatic nitrogens is 2. The number of aliphatic carboxylic acids is 1. The number of alkyl halides is 3. The maximum absolute atomic E-state index is 10.6. The van der Waals surface area contributed by atoms with Crippen molar-refractivity contribution >= 4 is 17.0 Å². The van der Waals surface area contributed by atoms with Gasteiger partial charge in [0, 0.05) is 18.7 Å². The van der Waals surface area contributed by atoms with Crippen molar-refractivity contribution in [2.45, 2.75) is 19.3 Å². The van der Waals surface area contributed by atoms with Crippen molar-refractivity contribution < 1.29 is 23.1 Å². The zero-order valence-electron chi connectivity index (χ0n) is 19.7. The molecule has 0 saturated carbocycles. The summed E-state index contributed by atoms with van der Waals surface area (Å²) in [6.07, 6.45) is -5.08. The molecule has 5 nitrogen and oxygen atoms in total. The highest BCUT2D eigenvalue weighted by Crippen LogP contribution is 2.25. The van der Waals surface area contributed by atoms with Gasteiger partial charge >= 0.3 is 12.1 Å². The van der Waals surface area contributed by atoms with Crippen LogP contribution in [0.4, 0.5) is 13.2 Å². The Morgan fingerprint density at radius 3 is 2.03 bits per heavy atom. The second-order valence-corrected chi connectivity index (χ2v) is 8.27. The van der Waals surface area contributed by atoms with E-state index in [9.17, 15) is 13.2 Å². The molecule has 5 rings (SSSR count). The standard InChI is InChI=1S/C27H23N3.C2HF3O2/c1-2-7-20(8-3-1)18-28-19-21-9-6-10-24(17-21)22-13-15-23(16-14-22)27-29-25-11-4-5-12-26(25)30-27;3-2(4,5)1(6)7/h1-17,28H,18-19H2,(H,29,30);(H,6,7). The molecule has 0 radical (unpaired) electrons. The lowest BCUT2D eigenvalue weighted by Crippen LogP contribution is -2.21. The molecule has 0 saturated heterocycles. The Labute approximate surface area is 211 Å². The summed E-state index contributed by atoms with van der Waals surface area (Å²) in [5.41, 5.74) is 8.17. The van der Waals surface area contributed by atoms with Crippen molar-refractivity contribution in [1.82, 2.24) is 15.3 Å². The van der Waals surface area contributed by atoms with E-state index in [4.69, 9.17) is 14.9 Å². The summed E-state index contributed by atoms with van der Waals surface area (Å²) in [6.45, 7) is 1.72. The van der Waals surface area contributed by atoms with E-state index >= 15 is 0 Å². The lowest BCUT2D eigenvalue weighted by atomic mass is 10.0. The molecule has 1 heterocycles. The fraction of sp³-hybridized carbons (Fsp3) is 0.103. The van der Waals surface area contributed by atoms with Crippen LogP contribution >= 0.6 is 0 Å². The number of benzene rings is 4. The van der Waals surface area contributed by atoms with Crippen LogP contribution in [0.5, 0.6) is 0 Å². The number of nitrogens with one attached hydrogen (secondary N) is 2. The molecule has 1 aromatic heterocycles. The molecule has 0 atom stereocenters. The number of halogens is 3. The first-order valence-electron chi connectivity index (χ1n) is 11.5. The van der Waals surface area contributed by atoms with Crippen LogP contribution in [0.25, 0.3) is 33.5 Å². The van der Waals surface area contributed by atoms with E-state index in [-0.39, 0.29) is 0 Å². The van der Waals surface area contributed by atoms with Gasteiger partial charge in [-0.1, -0.05) is 84.9 Å². The summed E-state index contributed by atoms with van der Waals surface area (Å²) >= 11 is 0. The lowest BCUT2D eigenvalue weighted by molar-refractivity contribution is -0.192. The predicted molar refractivity (Wildman–Crippen MR) is 138 cm³/mol. The van der Waals surface area contributed by atoms with Crippen molar-refractivity contribution in [3.05, 3.63) is 114 Å². The largest absolute Gasteiger partial charge is 0.490 e. The number of nitrogens with zero attached hydrogens (tertiary/aromatic N) is 1. The molecule has 8 heteroatoms. The number of rotatable bonds is 6. The number of carboxylic acids is 1. The van der Waals surface area contributed by atoms with Crippen LogP contribution < -0.4 is 5.32 Å². The smallest absolute Gasteiger partial charge is 0.475 e. The molecule has 188 valence electrons. The highest BCUT2D eigenvalue weighted by atomic mass is 19.4. The highest BCUT2D eigenvalue weighted by Gasteiger charge is 2.38. The number of aromatic amines is 1. The first-order valence-corrected chi connectivity index (χ1v) is 11.5. The number of hydrogen-bond donors (Lipinski definition) is 3. The molecule has 37 heavy (non-hydrogen) atoms. The molecule has 3 N–H and O–H groups in total. The van der Waals surface area contributed by atoms with E-state index in [1.807, 2.05) is 24.3 Å². The van der Waals surface area contributed by atoms with Crippen LogP contribution in [-0.2, 0) is 17.9 Å². The molecular formula is C29H24F3N3O2. The third-order valence-electron chi connectivity index (χ3n) is 5.55. The Bertz CT molecular complexity index is 1430. The molecule has 5 aromatic rings. The molecule has 4 aromatic carbocycles. The molecule has 0 amide bonds. The summed E-state index contributed by atoms with van der Waals surface area (Å²) in [4.78, 5) is 17.0. The third kappa shape index (κ3) is 7.05. The van der Waals surface area contributed by atoms with Crippen molar-refractivity contribution in [1.29, 1.82) is 0 Å². The quantitative estimate of drug-likeness (QED) is 0.238. The molecule has 0 fully saturated rings. The van der Waals surface area contributed by atoms with Gasteiger partial charge in [0.25, 0.3) is 0 Å². The minimum Gasteiger partial charge on any atom is -0.475 e. The van der Waals surface area contributed by atoms with E-state index in [1.54, 1.807) is 0 Å². The number of carboxylic acid groups (broad SMARTS) is 1. The van der Waals surface area contributed by atoms with Crippen molar-refractivity contribution in [2.75, 3.05) is 0 Å². The Balaban J connectivity index is 0.000000405. The van der Waals surface area contributed by atoms with E-state index in [2.05, 4.69) is 89.2 Å². The van der Waals surface area contributed by atoms with Crippen LogP contribution in [0.15, 0.2) is 103 Å². The van der Waals surface area contributed by atoms with Gasteiger partial charge in [-0.15, -0.1) is 0 Å². The van der Waals surface area contributed by atoms with E-state index < -0.39 is 12.1 Å². The maximum Gasteiger partial charge on any atom is 0.490 e. The summed E-state index contributed by atoms with van der Waals surface area (Å²) in [5, 5.41) is 10.7. The van der Waals surface area contributed by atoms with Gasteiger partial charge in [0.1, 0.15) is 5.82 Å². The van der Waals surface area contributed by atoms with Crippen LogP contribution in [0.3, 0.4) is 0 Å². The molecule has 0 spiro atoms. The van der Waals surface area contributed by atoms with Crippen molar-refractivity contribution in [3.63, 3.8) is 0 Å². The van der Waals surface area contributed by atoms with Gasteiger partial charge in [0.2, 0.25) is 0 Å². The van der Waals surface area contributed by atoms with Gasteiger partial charge in [0.05, 0.1) is 11.0 Å².